The molecular formula is C12H15Cl. The SMILES string of the molecule is CCC/C=C/c1cc(Cl)ccc1C. The highest BCUT2D eigenvalue weighted by Gasteiger charge is 1.94. The molecule has 0 radical (unpaired) electrons. The third kappa shape index (κ3) is 3.23. The highest BCUT2D eigenvalue weighted by molar-refractivity contribution is 6.30. The normalized spacial score (nSPS) is 11.0. The Morgan fingerprint density at radius 1 is 1.38 bits per heavy atom. The van der Waals surface area contributed by atoms with Gasteiger partial charge >= 0.3 is 0 Å². The van der Waals surface area contributed by atoms with Gasteiger partial charge in [0.05, 0.1) is 0 Å². The van der Waals surface area contributed by atoms with E-state index >= 15 is 0 Å². The van der Waals surface area contributed by atoms with Crippen molar-refractivity contribution in [1.29, 1.82) is 0 Å². The van der Waals surface area contributed by atoms with Crippen molar-refractivity contribution < 1.29 is 0 Å². The molecule has 0 aliphatic heterocycles. The number of benzene rings is 1. The van der Waals surface area contributed by atoms with E-state index in [9.17, 15) is 0 Å². The Hall–Kier alpha value is -0.750. The minimum absolute atomic E-state index is 0.807. The number of hydrogen-bond donors (Lipinski definition) is 0. The lowest BCUT2D eigenvalue weighted by Gasteiger charge is -2.00. The zero-order chi connectivity index (χ0) is 9.68. The Kier molecular flexibility index (Phi) is 4.04. The van der Waals surface area contributed by atoms with Crippen molar-refractivity contribution in [2.24, 2.45) is 0 Å². The Bertz CT molecular complexity index is 300. The predicted octanol–water partition coefficient (Wildman–Crippen LogP) is 4.46. The Morgan fingerprint density at radius 3 is 2.85 bits per heavy atom. The standard InChI is InChI=1S/C12H15Cl/c1-3-4-5-6-11-9-12(13)8-7-10(11)2/h5-9H,3-4H2,1-2H3/b6-5+. The molecule has 0 spiro atoms. The molecule has 0 atom stereocenters. The predicted molar refractivity (Wildman–Crippen MR) is 60.1 cm³/mol. The average Bonchev–Trinajstić information content (AvgIpc) is 2.11. The van der Waals surface area contributed by atoms with Crippen LogP contribution < -0.4 is 0 Å². The van der Waals surface area contributed by atoms with Crippen LogP contribution >= 0.6 is 11.6 Å². The van der Waals surface area contributed by atoms with Crippen LogP contribution in [0.1, 0.15) is 30.9 Å². The molecule has 1 aromatic rings. The third-order valence-electron chi connectivity index (χ3n) is 1.99. The molecule has 1 heteroatoms. The van der Waals surface area contributed by atoms with Crippen LogP contribution in [0.2, 0.25) is 5.02 Å². The molecule has 0 heterocycles. The van der Waals surface area contributed by atoms with E-state index in [1.807, 2.05) is 18.2 Å². The summed E-state index contributed by atoms with van der Waals surface area (Å²) >= 11 is 5.90. The summed E-state index contributed by atoms with van der Waals surface area (Å²) in [4.78, 5) is 0. The van der Waals surface area contributed by atoms with Gasteiger partial charge in [-0.3, -0.25) is 0 Å². The molecule has 0 amide bonds. The quantitative estimate of drug-likeness (QED) is 0.667. The van der Waals surface area contributed by atoms with E-state index in [-0.39, 0.29) is 0 Å². The maximum Gasteiger partial charge on any atom is 0.0412 e. The molecule has 0 fully saturated rings. The Morgan fingerprint density at radius 2 is 2.15 bits per heavy atom. The summed E-state index contributed by atoms with van der Waals surface area (Å²) in [5.41, 5.74) is 2.50. The molecule has 0 saturated carbocycles. The van der Waals surface area contributed by atoms with Crippen molar-refractivity contribution in [3.05, 3.63) is 40.4 Å². The fourth-order valence-corrected chi connectivity index (χ4v) is 1.35. The van der Waals surface area contributed by atoms with Gasteiger partial charge in [0.1, 0.15) is 0 Å². The van der Waals surface area contributed by atoms with E-state index in [0.717, 1.165) is 11.4 Å². The summed E-state index contributed by atoms with van der Waals surface area (Å²) in [6.07, 6.45) is 6.66. The third-order valence-corrected chi connectivity index (χ3v) is 2.23. The number of hydrogen-bond acceptors (Lipinski definition) is 0. The zero-order valence-electron chi connectivity index (χ0n) is 8.18. The number of aryl methyl sites for hydroxylation is 1. The molecule has 1 rings (SSSR count). The van der Waals surface area contributed by atoms with E-state index in [1.165, 1.54) is 17.5 Å². The lowest BCUT2D eigenvalue weighted by molar-refractivity contribution is 0.962. The first-order chi connectivity index (χ1) is 6.24. The topological polar surface area (TPSA) is 0 Å². The van der Waals surface area contributed by atoms with E-state index in [2.05, 4.69) is 26.0 Å². The summed E-state index contributed by atoms with van der Waals surface area (Å²) in [5.74, 6) is 0. The van der Waals surface area contributed by atoms with E-state index in [1.54, 1.807) is 0 Å². The van der Waals surface area contributed by atoms with Gasteiger partial charge in [-0.1, -0.05) is 43.2 Å². The molecule has 0 nitrogen and oxygen atoms in total. The molecule has 0 N–H and O–H groups in total. The Balaban J connectivity index is 2.81. The van der Waals surface area contributed by atoms with Gasteiger partial charge in [0, 0.05) is 5.02 Å². The highest BCUT2D eigenvalue weighted by atomic mass is 35.5. The van der Waals surface area contributed by atoms with Gasteiger partial charge in [-0.05, 0) is 36.6 Å². The van der Waals surface area contributed by atoms with Gasteiger partial charge in [0.15, 0.2) is 0 Å². The van der Waals surface area contributed by atoms with Crippen LogP contribution in [-0.4, -0.2) is 0 Å². The summed E-state index contributed by atoms with van der Waals surface area (Å²) in [6, 6.07) is 5.98. The molecule has 70 valence electrons. The molecule has 0 aliphatic rings. The van der Waals surface area contributed by atoms with Crippen LogP contribution in [0.3, 0.4) is 0 Å². The lowest BCUT2D eigenvalue weighted by atomic mass is 10.1. The van der Waals surface area contributed by atoms with Crippen LogP contribution in [0.4, 0.5) is 0 Å². The van der Waals surface area contributed by atoms with Crippen molar-refractivity contribution in [1.82, 2.24) is 0 Å². The summed E-state index contributed by atoms with van der Waals surface area (Å²) in [6.45, 7) is 4.27. The van der Waals surface area contributed by atoms with Gasteiger partial charge in [-0.15, -0.1) is 0 Å². The molecule has 1 aromatic carbocycles. The first kappa shape index (κ1) is 10.3. The zero-order valence-corrected chi connectivity index (χ0v) is 8.93. The van der Waals surface area contributed by atoms with Crippen LogP contribution in [-0.2, 0) is 0 Å². The largest absolute Gasteiger partial charge is 0.0843 e. The number of rotatable bonds is 3. The first-order valence-corrected chi connectivity index (χ1v) is 5.04. The molecule has 0 aromatic heterocycles. The average molecular weight is 195 g/mol. The second-order valence-corrected chi connectivity index (χ2v) is 3.63. The van der Waals surface area contributed by atoms with Crippen LogP contribution in [0.25, 0.3) is 6.08 Å². The number of halogens is 1. The Labute approximate surface area is 85.2 Å². The highest BCUT2D eigenvalue weighted by Crippen LogP contribution is 2.16. The van der Waals surface area contributed by atoms with Crippen LogP contribution in [0.15, 0.2) is 24.3 Å². The second kappa shape index (κ2) is 5.08. The van der Waals surface area contributed by atoms with Gasteiger partial charge in [0.25, 0.3) is 0 Å². The number of allylic oxidation sites excluding steroid dienone is 1. The van der Waals surface area contributed by atoms with E-state index in [0.29, 0.717) is 0 Å². The molecule has 0 aliphatic carbocycles. The van der Waals surface area contributed by atoms with Crippen molar-refractivity contribution >= 4 is 17.7 Å². The van der Waals surface area contributed by atoms with E-state index < -0.39 is 0 Å². The number of unbranched alkanes of at least 4 members (excludes halogenated alkanes) is 1. The summed E-state index contributed by atoms with van der Waals surface area (Å²) < 4.78 is 0. The maximum absolute atomic E-state index is 5.90. The minimum Gasteiger partial charge on any atom is -0.0843 e. The minimum atomic E-state index is 0.807. The first-order valence-electron chi connectivity index (χ1n) is 4.66. The van der Waals surface area contributed by atoms with Gasteiger partial charge < -0.3 is 0 Å². The van der Waals surface area contributed by atoms with Crippen LogP contribution in [0, 0.1) is 6.92 Å². The molecular weight excluding hydrogens is 180 g/mol. The van der Waals surface area contributed by atoms with Gasteiger partial charge in [0.2, 0.25) is 0 Å². The van der Waals surface area contributed by atoms with E-state index in [4.69, 9.17) is 11.6 Å². The molecule has 13 heavy (non-hydrogen) atoms. The second-order valence-electron chi connectivity index (χ2n) is 3.19. The van der Waals surface area contributed by atoms with Crippen molar-refractivity contribution in [3.63, 3.8) is 0 Å². The smallest absolute Gasteiger partial charge is 0.0412 e. The van der Waals surface area contributed by atoms with Gasteiger partial charge in [-0.25, -0.2) is 0 Å². The monoisotopic (exact) mass is 194 g/mol. The van der Waals surface area contributed by atoms with Crippen molar-refractivity contribution in [2.45, 2.75) is 26.7 Å². The molecule has 0 unspecified atom stereocenters. The van der Waals surface area contributed by atoms with Crippen LogP contribution in [0.5, 0.6) is 0 Å². The lowest BCUT2D eigenvalue weighted by Crippen LogP contribution is -1.79. The summed E-state index contributed by atoms with van der Waals surface area (Å²) in [5, 5.41) is 0.807. The maximum atomic E-state index is 5.90. The van der Waals surface area contributed by atoms with Crippen molar-refractivity contribution in [3.8, 4) is 0 Å². The summed E-state index contributed by atoms with van der Waals surface area (Å²) in [7, 11) is 0. The fourth-order valence-electron chi connectivity index (χ4n) is 1.17. The van der Waals surface area contributed by atoms with Crippen molar-refractivity contribution in [2.75, 3.05) is 0 Å². The van der Waals surface area contributed by atoms with Gasteiger partial charge in [-0.2, -0.15) is 0 Å². The molecule has 0 bridgehead atoms. The molecule has 0 saturated heterocycles. The fraction of sp³-hybridized carbons (Fsp3) is 0.333.